The summed E-state index contributed by atoms with van der Waals surface area (Å²) in [5.74, 6) is 0.993. The summed E-state index contributed by atoms with van der Waals surface area (Å²) in [5.41, 5.74) is 1.31. The van der Waals surface area contributed by atoms with E-state index in [1.165, 1.54) is 5.56 Å². The molecule has 3 atom stereocenters. The number of hydrogen-bond acceptors (Lipinski definition) is 3. The van der Waals surface area contributed by atoms with E-state index in [4.69, 9.17) is 0 Å². The van der Waals surface area contributed by atoms with Crippen molar-refractivity contribution >= 4 is 5.78 Å². The van der Waals surface area contributed by atoms with E-state index in [1.54, 1.807) is 0 Å². The molecule has 0 radical (unpaired) electrons. The Morgan fingerprint density at radius 2 is 2.05 bits per heavy atom. The van der Waals surface area contributed by atoms with Gasteiger partial charge in [0.15, 0.2) is 0 Å². The highest BCUT2D eigenvalue weighted by Crippen LogP contribution is 2.38. The van der Waals surface area contributed by atoms with Crippen molar-refractivity contribution in [3.05, 3.63) is 35.9 Å². The van der Waals surface area contributed by atoms with Crippen LogP contribution in [0, 0.1) is 11.8 Å². The second-order valence-corrected chi connectivity index (χ2v) is 6.20. The number of aliphatic hydroxyl groups excluding tert-OH is 1. The third kappa shape index (κ3) is 2.79. The Hall–Kier alpha value is -1.19. The molecule has 2 aliphatic rings. The molecule has 3 nitrogen and oxygen atoms in total. The van der Waals surface area contributed by atoms with Crippen molar-refractivity contribution < 1.29 is 9.90 Å². The summed E-state index contributed by atoms with van der Waals surface area (Å²) in [6.07, 6.45) is 3.63. The number of ketones is 1. The summed E-state index contributed by atoms with van der Waals surface area (Å²) >= 11 is 0. The van der Waals surface area contributed by atoms with Gasteiger partial charge in [-0.25, -0.2) is 0 Å². The number of nitrogens with zero attached hydrogens (tertiary/aromatic N) is 1. The van der Waals surface area contributed by atoms with Crippen molar-refractivity contribution in [1.82, 2.24) is 4.90 Å². The molecule has 1 aliphatic heterocycles. The Balaban J connectivity index is 1.75. The summed E-state index contributed by atoms with van der Waals surface area (Å²) in [5, 5.41) is 9.24. The zero-order valence-electron chi connectivity index (χ0n) is 11.9. The minimum absolute atomic E-state index is 0.0419. The number of piperidine rings is 1. The fourth-order valence-electron chi connectivity index (χ4n) is 3.88. The number of rotatable bonds is 4. The van der Waals surface area contributed by atoms with Gasteiger partial charge in [-0.2, -0.15) is 0 Å². The highest BCUT2D eigenvalue weighted by atomic mass is 16.3. The molecule has 0 amide bonds. The third-order valence-electron chi connectivity index (χ3n) is 4.90. The van der Waals surface area contributed by atoms with E-state index in [1.807, 2.05) is 6.07 Å². The number of hydrogen-bond donors (Lipinski definition) is 1. The zero-order valence-corrected chi connectivity index (χ0v) is 11.9. The Morgan fingerprint density at radius 3 is 2.80 bits per heavy atom. The van der Waals surface area contributed by atoms with Crippen molar-refractivity contribution in [2.45, 2.75) is 38.3 Å². The monoisotopic (exact) mass is 273 g/mol. The highest BCUT2D eigenvalue weighted by Gasteiger charge is 2.42. The maximum atomic E-state index is 12.3. The van der Waals surface area contributed by atoms with E-state index in [2.05, 4.69) is 29.2 Å². The van der Waals surface area contributed by atoms with Crippen molar-refractivity contribution in [1.29, 1.82) is 0 Å². The molecule has 1 saturated carbocycles. The maximum absolute atomic E-state index is 12.3. The molecule has 20 heavy (non-hydrogen) atoms. The lowest BCUT2D eigenvalue weighted by Crippen LogP contribution is -2.52. The van der Waals surface area contributed by atoms with Gasteiger partial charge < -0.3 is 5.11 Å². The first-order valence-corrected chi connectivity index (χ1v) is 7.69. The second-order valence-electron chi connectivity index (χ2n) is 6.20. The predicted octanol–water partition coefficient (Wildman–Crippen LogP) is 2.24. The Labute approximate surface area is 120 Å². The van der Waals surface area contributed by atoms with Gasteiger partial charge in [0.2, 0.25) is 0 Å². The van der Waals surface area contributed by atoms with Gasteiger partial charge in [0.1, 0.15) is 5.78 Å². The lowest BCUT2D eigenvalue weighted by molar-refractivity contribution is -0.133. The van der Waals surface area contributed by atoms with Gasteiger partial charge in [-0.1, -0.05) is 30.3 Å². The minimum Gasteiger partial charge on any atom is -0.396 e. The van der Waals surface area contributed by atoms with E-state index >= 15 is 0 Å². The standard InChI is InChI=1S/C17H23NO2/c19-9-7-15-16-10-14(11-17(15)20)6-8-18(16)12-13-4-2-1-3-5-13/h1-5,14-16,19H,6-12H2/t14-,15-,16+/m1/s1. The molecule has 3 rings (SSSR count). The van der Waals surface area contributed by atoms with Crippen LogP contribution in [0.15, 0.2) is 30.3 Å². The van der Waals surface area contributed by atoms with Crippen LogP contribution in [-0.2, 0) is 11.3 Å². The molecule has 2 fully saturated rings. The Kier molecular flexibility index (Phi) is 4.18. The molecule has 108 valence electrons. The summed E-state index contributed by atoms with van der Waals surface area (Å²) < 4.78 is 0. The van der Waals surface area contributed by atoms with Crippen molar-refractivity contribution in [2.75, 3.05) is 13.2 Å². The maximum Gasteiger partial charge on any atom is 0.137 e. The molecule has 3 heteroatoms. The number of aliphatic hydroxyl groups is 1. The normalized spacial score (nSPS) is 30.4. The number of carbonyl (C=O) groups is 1. The number of carbonyl (C=O) groups excluding carboxylic acids is 1. The number of likely N-dealkylation sites (tertiary alicyclic amines) is 1. The van der Waals surface area contributed by atoms with E-state index in [-0.39, 0.29) is 12.5 Å². The topological polar surface area (TPSA) is 40.5 Å². The lowest BCUT2D eigenvalue weighted by Gasteiger charge is -2.46. The van der Waals surface area contributed by atoms with Gasteiger partial charge in [-0.3, -0.25) is 9.69 Å². The molecule has 1 heterocycles. The van der Waals surface area contributed by atoms with E-state index in [9.17, 15) is 9.90 Å². The van der Waals surface area contributed by atoms with Crippen LogP contribution in [-0.4, -0.2) is 35.0 Å². The van der Waals surface area contributed by atoms with Gasteiger partial charge in [0.05, 0.1) is 0 Å². The first-order chi connectivity index (χ1) is 9.78. The van der Waals surface area contributed by atoms with Crippen LogP contribution < -0.4 is 0 Å². The Bertz CT molecular complexity index is 459. The summed E-state index contributed by atoms with van der Waals surface area (Å²) in [7, 11) is 0. The second kappa shape index (κ2) is 6.06. The summed E-state index contributed by atoms with van der Waals surface area (Å²) in [4.78, 5) is 14.7. The van der Waals surface area contributed by atoms with Crippen LogP contribution in [0.1, 0.15) is 31.2 Å². The van der Waals surface area contributed by atoms with Crippen molar-refractivity contribution in [2.24, 2.45) is 11.8 Å². The van der Waals surface area contributed by atoms with E-state index < -0.39 is 0 Å². The van der Waals surface area contributed by atoms with Crippen LogP contribution in [0.4, 0.5) is 0 Å². The molecule has 1 aromatic carbocycles. The SMILES string of the molecule is O=C1C[C@@H]2CCN(Cc3ccccc3)[C@@H](C2)[C@H]1CCO. The number of benzene rings is 1. The number of Topliss-reactive ketones (excluding diaryl/α,β-unsaturated/α-hetero) is 1. The molecular weight excluding hydrogens is 250 g/mol. The quantitative estimate of drug-likeness (QED) is 0.914. The van der Waals surface area contributed by atoms with Crippen molar-refractivity contribution in [3.8, 4) is 0 Å². The fourth-order valence-corrected chi connectivity index (χ4v) is 3.88. The zero-order chi connectivity index (χ0) is 13.9. The van der Waals surface area contributed by atoms with Gasteiger partial charge >= 0.3 is 0 Å². The number of fused-ring (bicyclic) bond motifs is 2. The lowest BCUT2D eigenvalue weighted by atomic mass is 9.71. The smallest absolute Gasteiger partial charge is 0.137 e. The molecule has 1 saturated heterocycles. The van der Waals surface area contributed by atoms with E-state index in [0.717, 1.165) is 32.4 Å². The van der Waals surface area contributed by atoms with Crippen LogP contribution >= 0.6 is 0 Å². The molecule has 0 spiro atoms. The summed E-state index contributed by atoms with van der Waals surface area (Å²) in [6.45, 7) is 2.13. The largest absolute Gasteiger partial charge is 0.396 e. The van der Waals surface area contributed by atoms with Crippen LogP contribution in [0.2, 0.25) is 0 Å². The molecule has 1 aromatic rings. The molecule has 1 N–H and O–H groups in total. The Morgan fingerprint density at radius 1 is 1.25 bits per heavy atom. The fraction of sp³-hybridized carbons (Fsp3) is 0.588. The van der Waals surface area contributed by atoms with Gasteiger partial charge in [-0.05, 0) is 37.3 Å². The summed E-state index contributed by atoms with van der Waals surface area (Å²) in [6, 6.07) is 10.8. The van der Waals surface area contributed by atoms with Gasteiger partial charge in [-0.15, -0.1) is 0 Å². The van der Waals surface area contributed by atoms with Crippen LogP contribution in [0.25, 0.3) is 0 Å². The molecular formula is C17H23NO2. The van der Waals surface area contributed by atoms with Crippen LogP contribution in [0.3, 0.4) is 0 Å². The first-order valence-electron chi connectivity index (χ1n) is 7.69. The predicted molar refractivity (Wildman–Crippen MR) is 78.2 cm³/mol. The average molecular weight is 273 g/mol. The van der Waals surface area contributed by atoms with Gasteiger partial charge in [0.25, 0.3) is 0 Å². The highest BCUT2D eigenvalue weighted by molar-refractivity contribution is 5.83. The first kappa shape index (κ1) is 13.8. The minimum atomic E-state index is 0.0419. The average Bonchev–Trinajstić information content (AvgIpc) is 2.47. The molecule has 0 aromatic heterocycles. The third-order valence-corrected chi connectivity index (χ3v) is 4.90. The molecule has 0 unspecified atom stereocenters. The van der Waals surface area contributed by atoms with Crippen LogP contribution in [0.5, 0.6) is 0 Å². The van der Waals surface area contributed by atoms with Crippen molar-refractivity contribution in [3.63, 3.8) is 0 Å². The molecule has 1 aliphatic carbocycles. The molecule has 2 bridgehead atoms. The van der Waals surface area contributed by atoms with Gasteiger partial charge in [0, 0.05) is 31.5 Å². The van der Waals surface area contributed by atoms with E-state index in [0.29, 0.717) is 24.2 Å².